The second-order valence-corrected chi connectivity index (χ2v) is 5.45. The second kappa shape index (κ2) is 5.16. The molecule has 0 radical (unpaired) electrons. The molecule has 1 heterocycles. The van der Waals surface area contributed by atoms with Crippen molar-refractivity contribution in [1.82, 2.24) is 9.88 Å². The zero-order valence-electron chi connectivity index (χ0n) is 10.4. The minimum Gasteiger partial charge on any atom is -0.465 e. The Balaban J connectivity index is 2.14. The number of carboxylic acid groups (broad SMARTS) is 1. The van der Waals surface area contributed by atoms with Crippen LogP contribution in [0.1, 0.15) is 12.8 Å². The number of rotatable bonds is 5. The fraction of sp³-hybridized carbons (Fsp3) is 0.417. The van der Waals surface area contributed by atoms with Gasteiger partial charge in [0, 0.05) is 13.6 Å². The van der Waals surface area contributed by atoms with Crippen molar-refractivity contribution in [3.8, 4) is 0 Å². The standard InChI is InChI=1S/C12H14BrN3O3/c1-15(11(18)19)12(4-5-12)7-16(8-17)9-2-3-10(13)14-6-9/h2-3,6,8H,4-5,7H2,1H3,(H,18,19). The molecule has 7 heteroatoms. The Bertz CT molecular complexity index is 487. The van der Waals surface area contributed by atoms with Gasteiger partial charge in [0.15, 0.2) is 0 Å². The van der Waals surface area contributed by atoms with Crippen LogP contribution in [0, 0.1) is 0 Å². The highest BCUT2D eigenvalue weighted by atomic mass is 79.9. The zero-order chi connectivity index (χ0) is 14.0. The average Bonchev–Trinajstić information content (AvgIpc) is 3.17. The van der Waals surface area contributed by atoms with Crippen LogP contribution in [0.2, 0.25) is 0 Å². The largest absolute Gasteiger partial charge is 0.465 e. The molecule has 2 rings (SSSR count). The lowest BCUT2D eigenvalue weighted by atomic mass is 10.2. The van der Waals surface area contributed by atoms with Crippen molar-refractivity contribution in [2.45, 2.75) is 18.4 Å². The van der Waals surface area contributed by atoms with Crippen molar-refractivity contribution in [1.29, 1.82) is 0 Å². The first-order valence-electron chi connectivity index (χ1n) is 5.79. The van der Waals surface area contributed by atoms with Crippen LogP contribution in [0.15, 0.2) is 22.9 Å². The average molecular weight is 328 g/mol. The summed E-state index contributed by atoms with van der Waals surface area (Å²) < 4.78 is 0.686. The van der Waals surface area contributed by atoms with Gasteiger partial charge in [-0.3, -0.25) is 4.79 Å². The summed E-state index contributed by atoms with van der Waals surface area (Å²) in [5.41, 5.74) is 0.197. The van der Waals surface area contributed by atoms with E-state index in [4.69, 9.17) is 5.11 Å². The number of pyridine rings is 1. The van der Waals surface area contributed by atoms with Crippen LogP contribution in [0.4, 0.5) is 10.5 Å². The molecule has 0 aromatic carbocycles. The first-order valence-corrected chi connectivity index (χ1v) is 6.58. The Kier molecular flexibility index (Phi) is 3.75. The summed E-state index contributed by atoms with van der Waals surface area (Å²) in [4.78, 5) is 29.1. The number of carbonyl (C=O) groups is 2. The van der Waals surface area contributed by atoms with Crippen LogP contribution in [0.25, 0.3) is 0 Å². The van der Waals surface area contributed by atoms with Crippen LogP contribution < -0.4 is 4.90 Å². The maximum atomic E-state index is 11.2. The molecule has 0 unspecified atom stereocenters. The SMILES string of the molecule is CN(C(=O)O)C1(CN(C=O)c2ccc(Br)nc2)CC1. The molecule has 1 aliphatic carbocycles. The van der Waals surface area contributed by atoms with E-state index in [1.165, 1.54) is 16.8 Å². The smallest absolute Gasteiger partial charge is 0.407 e. The molecule has 0 aliphatic heterocycles. The number of aromatic nitrogens is 1. The van der Waals surface area contributed by atoms with Crippen molar-refractivity contribution in [2.75, 3.05) is 18.5 Å². The van der Waals surface area contributed by atoms with Crippen LogP contribution in [-0.4, -0.2) is 46.6 Å². The van der Waals surface area contributed by atoms with E-state index in [1.54, 1.807) is 18.3 Å². The summed E-state index contributed by atoms with van der Waals surface area (Å²) in [5.74, 6) is 0. The van der Waals surface area contributed by atoms with Gasteiger partial charge in [-0.25, -0.2) is 9.78 Å². The molecule has 0 saturated heterocycles. The van der Waals surface area contributed by atoms with Gasteiger partial charge in [-0.1, -0.05) is 0 Å². The Labute approximate surface area is 119 Å². The normalized spacial score (nSPS) is 15.7. The zero-order valence-corrected chi connectivity index (χ0v) is 12.0. The fourth-order valence-electron chi connectivity index (χ4n) is 1.99. The number of hydrogen-bond acceptors (Lipinski definition) is 3. The second-order valence-electron chi connectivity index (χ2n) is 4.64. The molecule has 2 amide bonds. The molecule has 0 bridgehead atoms. The number of amides is 2. The van der Waals surface area contributed by atoms with E-state index in [1.807, 2.05) is 0 Å². The van der Waals surface area contributed by atoms with E-state index in [0.29, 0.717) is 23.2 Å². The van der Waals surface area contributed by atoms with Gasteiger partial charge in [0.2, 0.25) is 6.41 Å². The molecule has 6 nitrogen and oxygen atoms in total. The molecule has 1 fully saturated rings. The Morgan fingerprint density at radius 3 is 2.68 bits per heavy atom. The van der Waals surface area contributed by atoms with Crippen LogP contribution in [0.3, 0.4) is 0 Å². The van der Waals surface area contributed by atoms with E-state index in [-0.39, 0.29) is 0 Å². The summed E-state index contributed by atoms with van der Waals surface area (Å²) in [7, 11) is 1.54. The van der Waals surface area contributed by atoms with Gasteiger partial charge >= 0.3 is 6.09 Å². The lowest BCUT2D eigenvalue weighted by Crippen LogP contribution is -2.46. The van der Waals surface area contributed by atoms with Crippen LogP contribution in [-0.2, 0) is 4.79 Å². The van der Waals surface area contributed by atoms with Crippen molar-refractivity contribution < 1.29 is 14.7 Å². The molecule has 0 spiro atoms. The molecule has 1 aliphatic rings. The lowest BCUT2D eigenvalue weighted by molar-refractivity contribution is -0.107. The molecule has 1 saturated carbocycles. The van der Waals surface area contributed by atoms with E-state index in [2.05, 4.69) is 20.9 Å². The van der Waals surface area contributed by atoms with E-state index in [0.717, 1.165) is 12.8 Å². The highest BCUT2D eigenvalue weighted by Crippen LogP contribution is 2.42. The summed E-state index contributed by atoms with van der Waals surface area (Å²) >= 11 is 3.23. The van der Waals surface area contributed by atoms with Gasteiger partial charge in [0.1, 0.15) is 4.60 Å². The van der Waals surface area contributed by atoms with Crippen molar-refractivity contribution in [2.24, 2.45) is 0 Å². The number of likely N-dealkylation sites (N-methyl/N-ethyl adjacent to an activating group) is 1. The highest BCUT2D eigenvalue weighted by molar-refractivity contribution is 9.10. The number of anilines is 1. The molecule has 1 N–H and O–H groups in total. The fourth-order valence-corrected chi connectivity index (χ4v) is 2.23. The predicted octanol–water partition coefficient (Wildman–Crippen LogP) is 1.95. The van der Waals surface area contributed by atoms with Crippen LogP contribution >= 0.6 is 15.9 Å². The summed E-state index contributed by atoms with van der Waals surface area (Å²) in [6.45, 7) is 0.350. The van der Waals surface area contributed by atoms with E-state index >= 15 is 0 Å². The Hall–Kier alpha value is -1.63. The number of carbonyl (C=O) groups excluding carboxylic acids is 1. The molecule has 1 aromatic heterocycles. The van der Waals surface area contributed by atoms with Crippen molar-refractivity contribution >= 4 is 34.1 Å². The van der Waals surface area contributed by atoms with E-state index < -0.39 is 11.6 Å². The summed E-state index contributed by atoms with van der Waals surface area (Å²) in [6.07, 6.45) is 2.85. The molecule has 1 aromatic rings. The number of halogens is 1. The van der Waals surface area contributed by atoms with Gasteiger partial charge < -0.3 is 14.9 Å². The van der Waals surface area contributed by atoms with Gasteiger partial charge in [-0.15, -0.1) is 0 Å². The highest BCUT2D eigenvalue weighted by Gasteiger charge is 2.50. The molecule has 19 heavy (non-hydrogen) atoms. The van der Waals surface area contributed by atoms with Crippen LogP contribution in [0.5, 0.6) is 0 Å². The van der Waals surface area contributed by atoms with Gasteiger partial charge in [0.25, 0.3) is 0 Å². The Morgan fingerprint density at radius 2 is 2.26 bits per heavy atom. The first-order chi connectivity index (χ1) is 8.98. The minimum absolute atomic E-state index is 0.350. The lowest BCUT2D eigenvalue weighted by Gasteiger charge is -2.30. The van der Waals surface area contributed by atoms with E-state index in [9.17, 15) is 9.59 Å². The first kappa shape index (κ1) is 13.8. The predicted molar refractivity (Wildman–Crippen MR) is 73.1 cm³/mol. The third kappa shape index (κ3) is 2.86. The topological polar surface area (TPSA) is 73.7 Å². The molecule has 0 atom stereocenters. The third-order valence-corrected chi connectivity index (χ3v) is 3.93. The number of nitrogens with zero attached hydrogens (tertiary/aromatic N) is 3. The van der Waals surface area contributed by atoms with Gasteiger partial charge in [-0.2, -0.15) is 0 Å². The summed E-state index contributed by atoms with van der Waals surface area (Å²) in [5, 5.41) is 9.05. The van der Waals surface area contributed by atoms with Crippen molar-refractivity contribution in [3.63, 3.8) is 0 Å². The minimum atomic E-state index is -0.975. The van der Waals surface area contributed by atoms with Gasteiger partial charge in [-0.05, 0) is 40.9 Å². The quantitative estimate of drug-likeness (QED) is 0.662. The Morgan fingerprint density at radius 1 is 1.58 bits per heavy atom. The summed E-state index contributed by atoms with van der Waals surface area (Å²) in [6, 6.07) is 3.51. The maximum absolute atomic E-state index is 11.2. The van der Waals surface area contributed by atoms with Crippen molar-refractivity contribution in [3.05, 3.63) is 22.9 Å². The third-order valence-electron chi connectivity index (χ3n) is 3.46. The monoisotopic (exact) mass is 327 g/mol. The molecule has 102 valence electrons. The maximum Gasteiger partial charge on any atom is 0.407 e. The molecular formula is C12H14BrN3O3. The molecular weight excluding hydrogens is 314 g/mol. The number of hydrogen-bond donors (Lipinski definition) is 1. The van der Waals surface area contributed by atoms with Gasteiger partial charge in [0.05, 0.1) is 17.4 Å².